The first-order valence-electron chi connectivity index (χ1n) is 3.41. The molecule has 0 bridgehead atoms. The van der Waals surface area contributed by atoms with E-state index in [4.69, 9.17) is 10.8 Å². The second-order valence-corrected chi connectivity index (χ2v) is 2.41. The van der Waals surface area contributed by atoms with E-state index < -0.39 is 35.3 Å². The molecule has 76 valence electrons. The van der Waals surface area contributed by atoms with Gasteiger partial charge in [-0.2, -0.15) is 4.39 Å². The van der Waals surface area contributed by atoms with Gasteiger partial charge in [-0.1, -0.05) is 0 Å². The molecule has 0 aliphatic heterocycles. The Kier molecular flexibility index (Phi) is 2.59. The number of alkyl halides is 2. The lowest BCUT2D eigenvalue weighted by Gasteiger charge is -2.04. The van der Waals surface area contributed by atoms with Crippen molar-refractivity contribution in [2.75, 3.05) is 5.73 Å². The minimum Gasteiger partial charge on any atom is -0.478 e. The van der Waals surface area contributed by atoms with Crippen molar-refractivity contribution in [2.45, 2.75) is 6.43 Å². The number of halogens is 3. The number of nitrogen functional groups attached to an aromatic ring is 1. The highest BCUT2D eigenvalue weighted by Gasteiger charge is 2.20. The monoisotopic (exact) mass is 206 g/mol. The molecule has 0 fully saturated rings. The van der Waals surface area contributed by atoms with Crippen molar-refractivity contribution in [1.82, 2.24) is 4.98 Å². The quantitative estimate of drug-likeness (QED) is 0.717. The molecule has 1 heterocycles. The molecule has 0 atom stereocenters. The van der Waals surface area contributed by atoms with Crippen LogP contribution in [0.25, 0.3) is 0 Å². The van der Waals surface area contributed by atoms with E-state index in [1.54, 1.807) is 0 Å². The average molecular weight is 206 g/mol. The molecule has 4 nitrogen and oxygen atoms in total. The van der Waals surface area contributed by atoms with E-state index in [2.05, 4.69) is 4.98 Å². The molecule has 0 unspecified atom stereocenters. The average Bonchev–Trinajstić information content (AvgIpc) is 2.02. The molecule has 0 radical (unpaired) electrons. The van der Waals surface area contributed by atoms with Gasteiger partial charge >= 0.3 is 5.97 Å². The van der Waals surface area contributed by atoms with Crippen molar-refractivity contribution in [3.05, 3.63) is 23.1 Å². The van der Waals surface area contributed by atoms with Gasteiger partial charge in [-0.25, -0.2) is 18.6 Å². The third-order valence-corrected chi connectivity index (χ3v) is 1.50. The SMILES string of the molecule is Nc1nc(F)c(C(F)F)cc1C(=O)O. The summed E-state index contributed by atoms with van der Waals surface area (Å²) in [4.78, 5) is 13.3. The van der Waals surface area contributed by atoms with E-state index in [9.17, 15) is 18.0 Å². The number of hydrogen-bond acceptors (Lipinski definition) is 3. The van der Waals surface area contributed by atoms with E-state index in [0.29, 0.717) is 6.07 Å². The van der Waals surface area contributed by atoms with Crippen molar-refractivity contribution in [1.29, 1.82) is 0 Å². The predicted molar refractivity (Wildman–Crippen MR) is 40.5 cm³/mol. The van der Waals surface area contributed by atoms with Crippen LogP contribution in [0.15, 0.2) is 6.07 Å². The molecule has 0 spiro atoms. The number of rotatable bonds is 2. The summed E-state index contributed by atoms with van der Waals surface area (Å²) in [7, 11) is 0. The zero-order chi connectivity index (χ0) is 10.9. The lowest BCUT2D eigenvalue weighted by atomic mass is 10.2. The van der Waals surface area contributed by atoms with Crippen LogP contribution in [0.5, 0.6) is 0 Å². The molecule has 1 aromatic rings. The molecule has 0 aliphatic rings. The van der Waals surface area contributed by atoms with Crippen molar-refractivity contribution in [3.63, 3.8) is 0 Å². The predicted octanol–water partition coefficient (Wildman–Crippen LogP) is 1.44. The second kappa shape index (κ2) is 3.52. The summed E-state index contributed by atoms with van der Waals surface area (Å²) >= 11 is 0. The zero-order valence-corrected chi connectivity index (χ0v) is 6.67. The van der Waals surface area contributed by atoms with Gasteiger partial charge in [0.05, 0.1) is 5.56 Å². The summed E-state index contributed by atoms with van der Waals surface area (Å²) in [5, 5.41) is 8.48. The van der Waals surface area contributed by atoms with Gasteiger partial charge in [0, 0.05) is 0 Å². The third kappa shape index (κ3) is 1.76. The first-order valence-corrected chi connectivity index (χ1v) is 3.41. The molecular weight excluding hydrogens is 201 g/mol. The van der Waals surface area contributed by atoms with Gasteiger partial charge in [-0.05, 0) is 6.07 Å². The number of aromatic nitrogens is 1. The summed E-state index contributed by atoms with van der Waals surface area (Å²) in [6, 6.07) is 0.477. The molecular formula is C7H5F3N2O2. The van der Waals surface area contributed by atoms with Crippen LogP contribution >= 0.6 is 0 Å². The lowest BCUT2D eigenvalue weighted by molar-refractivity contribution is 0.0697. The molecule has 1 aromatic heterocycles. The first-order chi connectivity index (χ1) is 6.43. The number of carboxylic acid groups (broad SMARTS) is 1. The van der Waals surface area contributed by atoms with E-state index in [-0.39, 0.29) is 0 Å². The van der Waals surface area contributed by atoms with Crippen LogP contribution in [0.3, 0.4) is 0 Å². The number of aromatic carboxylic acids is 1. The largest absolute Gasteiger partial charge is 0.478 e. The Morgan fingerprint density at radius 1 is 1.57 bits per heavy atom. The molecule has 3 N–H and O–H groups in total. The Bertz CT molecular complexity index is 381. The summed E-state index contributed by atoms with van der Waals surface area (Å²) in [5.74, 6) is -3.61. The highest BCUT2D eigenvalue weighted by Crippen LogP contribution is 2.24. The molecule has 7 heteroatoms. The summed E-state index contributed by atoms with van der Waals surface area (Å²) in [6.07, 6.45) is -3.12. The van der Waals surface area contributed by atoms with Crippen molar-refractivity contribution < 1.29 is 23.1 Å². The maximum atomic E-state index is 12.7. The number of nitrogens with zero attached hydrogens (tertiary/aromatic N) is 1. The minimum atomic E-state index is -3.12. The smallest absolute Gasteiger partial charge is 0.339 e. The topological polar surface area (TPSA) is 76.2 Å². The Morgan fingerprint density at radius 3 is 2.57 bits per heavy atom. The van der Waals surface area contributed by atoms with E-state index in [0.717, 1.165) is 0 Å². The first kappa shape index (κ1) is 10.3. The number of anilines is 1. The van der Waals surface area contributed by atoms with Crippen LogP contribution in [0.4, 0.5) is 19.0 Å². The van der Waals surface area contributed by atoms with Crippen LogP contribution in [0.2, 0.25) is 0 Å². The normalized spacial score (nSPS) is 10.6. The Hall–Kier alpha value is -1.79. The van der Waals surface area contributed by atoms with Crippen LogP contribution in [0.1, 0.15) is 22.3 Å². The molecule has 0 aromatic carbocycles. The molecule has 0 amide bonds. The van der Waals surface area contributed by atoms with Gasteiger partial charge in [0.15, 0.2) is 0 Å². The van der Waals surface area contributed by atoms with E-state index >= 15 is 0 Å². The molecule has 14 heavy (non-hydrogen) atoms. The summed E-state index contributed by atoms with van der Waals surface area (Å²) in [5.41, 5.74) is 3.30. The van der Waals surface area contributed by atoms with Crippen LogP contribution < -0.4 is 5.73 Å². The maximum Gasteiger partial charge on any atom is 0.339 e. The van der Waals surface area contributed by atoms with Gasteiger partial charge in [-0.3, -0.25) is 0 Å². The molecule has 1 rings (SSSR count). The molecule has 0 aliphatic carbocycles. The fraction of sp³-hybridized carbons (Fsp3) is 0.143. The highest BCUT2D eigenvalue weighted by molar-refractivity contribution is 5.92. The number of pyridine rings is 1. The Labute approximate surface area is 76.2 Å². The maximum absolute atomic E-state index is 12.7. The van der Waals surface area contributed by atoms with Gasteiger partial charge in [0.1, 0.15) is 11.4 Å². The van der Waals surface area contributed by atoms with Crippen LogP contribution in [-0.4, -0.2) is 16.1 Å². The van der Waals surface area contributed by atoms with Gasteiger partial charge < -0.3 is 10.8 Å². The van der Waals surface area contributed by atoms with E-state index in [1.807, 2.05) is 0 Å². The van der Waals surface area contributed by atoms with Crippen LogP contribution in [-0.2, 0) is 0 Å². The zero-order valence-electron chi connectivity index (χ0n) is 6.67. The lowest BCUT2D eigenvalue weighted by Crippen LogP contribution is -2.08. The van der Waals surface area contributed by atoms with Gasteiger partial charge in [0.2, 0.25) is 5.95 Å². The van der Waals surface area contributed by atoms with Crippen molar-refractivity contribution >= 4 is 11.8 Å². The van der Waals surface area contributed by atoms with Gasteiger partial charge in [0.25, 0.3) is 6.43 Å². The highest BCUT2D eigenvalue weighted by atomic mass is 19.3. The number of carboxylic acids is 1. The van der Waals surface area contributed by atoms with E-state index in [1.165, 1.54) is 0 Å². The van der Waals surface area contributed by atoms with Crippen LogP contribution in [0, 0.1) is 5.95 Å². The third-order valence-electron chi connectivity index (χ3n) is 1.50. The number of carbonyl (C=O) groups is 1. The van der Waals surface area contributed by atoms with Crippen molar-refractivity contribution in [2.24, 2.45) is 0 Å². The van der Waals surface area contributed by atoms with Crippen molar-refractivity contribution in [3.8, 4) is 0 Å². The number of nitrogens with two attached hydrogens (primary N) is 1. The number of hydrogen-bond donors (Lipinski definition) is 2. The minimum absolute atomic E-state index is 0.477. The van der Waals surface area contributed by atoms with Gasteiger partial charge in [-0.15, -0.1) is 0 Å². The standard InChI is InChI=1S/C7H5F3N2O2/c8-4(9)2-1-3(7(13)14)6(11)12-5(2)10/h1,4H,(H2,11,12)(H,13,14). The second-order valence-electron chi connectivity index (χ2n) is 2.41. The summed E-state index contributed by atoms with van der Waals surface area (Å²) in [6.45, 7) is 0. The Morgan fingerprint density at radius 2 is 2.14 bits per heavy atom. The fourth-order valence-electron chi connectivity index (χ4n) is 0.844. The molecule has 0 saturated carbocycles. The molecule has 0 saturated heterocycles. The fourth-order valence-corrected chi connectivity index (χ4v) is 0.844. The Balaban J connectivity index is 3.34. The summed E-state index contributed by atoms with van der Waals surface area (Å²) < 4.78 is 36.9.